The second-order valence-electron chi connectivity index (χ2n) is 1.60. The van der Waals surface area contributed by atoms with Crippen LogP contribution in [0.3, 0.4) is 0 Å². The summed E-state index contributed by atoms with van der Waals surface area (Å²) in [6, 6.07) is 0. The molecule has 0 unspecified atom stereocenters. The third-order valence-electron chi connectivity index (χ3n) is 0.729. The first kappa shape index (κ1) is 14.3. The zero-order chi connectivity index (χ0) is 10.1. The van der Waals surface area contributed by atoms with Crippen molar-refractivity contribution >= 4 is 69.4 Å². The molecule has 0 aromatic heterocycles. The fraction of sp³-hybridized carbons (Fsp3) is 0.667. The molecule has 76 valence electrons. The maximum atomic E-state index is 5.11. The van der Waals surface area contributed by atoms with Gasteiger partial charge in [0.15, 0.2) is 0 Å². The average molecular weight is 370 g/mol. The molecule has 13 heavy (non-hydrogen) atoms. The van der Waals surface area contributed by atoms with Gasteiger partial charge in [-0.15, -0.1) is 0 Å². The van der Waals surface area contributed by atoms with Crippen molar-refractivity contribution < 1.29 is 9.47 Å². The summed E-state index contributed by atoms with van der Waals surface area (Å²) < 4.78 is 11.5. The molecule has 0 atom stereocenters. The van der Waals surface area contributed by atoms with Crippen molar-refractivity contribution in [2.24, 2.45) is 0 Å². The van der Waals surface area contributed by atoms with Crippen LogP contribution in [0.5, 0.6) is 0 Å². The third kappa shape index (κ3) is 9.57. The van der Waals surface area contributed by atoms with E-state index in [1.807, 2.05) is 13.8 Å². The zero-order valence-electron chi connectivity index (χ0n) is 7.27. The van der Waals surface area contributed by atoms with E-state index in [4.69, 9.17) is 33.9 Å². The molecule has 0 aromatic rings. The van der Waals surface area contributed by atoms with Gasteiger partial charge in [0, 0.05) is 0 Å². The van der Waals surface area contributed by atoms with E-state index in [2.05, 4.69) is 0 Å². The van der Waals surface area contributed by atoms with Crippen LogP contribution in [0.2, 0.25) is 0 Å². The van der Waals surface area contributed by atoms with E-state index in [0.717, 1.165) is 0 Å². The molecule has 7 heteroatoms. The summed E-state index contributed by atoms with van der Waals surface area (Å²) >= 11 is 9.54. The Hall–Kier alpha value is 1.27. The van der Waals surface area contributed by atoms with E-state index < -0.39 is 0 Å². The standard InChI is InChI=1S/C6H10O2S4Te/c1-3-7-5(9)11-13-12-6(10)8-4-2/h3-4H2,1-2H3. The Balaban J connectivity index is 3.33. The van der Waals surface area contributed by atoms with Gasteiger partial charge in [-0.05, 0) is 0 Å². The quantitative estimate of drug-likeness (QED) is 0.556. The topological polar surface area (TPSA) is 18.5 Å². The Morgan fingerprint density at radius 1 is 1.08 bits per heavy atom. The van der Waals surface area contributed by atoms with Crippen LogP contribution in [0.4, 0.5) is 0 Å². The normalized spacial score (nSPS) is 9.38. The molecule has 0 bridgehead atoms. The first-order valence-electron chi connectivity index (χ1n) is 3.55. The van der Waals surface area contributed by atoms with Crippen LogP contribution < -0.4 is 0 Å². The molecule has 0 radical (unpaired) electrons. The Morgan fingerprint density at radius 2 is 1.46 bits per heavy atom. The Morgan fingerprint density at radius 3 is 1.77 bits per heavy atom. The molecule has 0 aromatic carbocycles. The predicted octanol–water partition coefficient (Wildman–Crippen LogP) is 2.63. The molecule has 0 rings (SSSR count). The van der Waals surface area contributed by atoms with Crippen LogP contribution in [0, 0.1) is 0 Å². The Labute approximate surface area is 105 Å². The minimum atomic E-state index is -0.348. The molecule has 0 fully saturated rings. The van der Waals surface area contributed by atoms with Crippen molar-refractivity contribution in [3.63, 3.8) is 0 Å². The van der Waals surface area contributed by atoms with E-state index in [1.165, 1.54) is 0 Å². The molecule has 0 saturated heterocycles. The van der Waals surface area contributed by atoms with Gasteiger partial charge < -0.3 is 0 Å². The fourth-order valence-corrected chi connectivity index (χ4v) is 9.41. The number of ether oxygens (including phenoxy) is 2. The van der Waals surface area contributed by atoms with Gasteiger partial charge in [0.25, 0.3) is 0 Å². The number of rotatable bonds is 4. The fourth-order valence-electron chi connectivity index (χ4n) is 0.356. The second-order valence-corrected chi connectivity index (χ2v) is 10.8. The van der Waals surface area contributed by atoms with Crippen molar-refractivity contribution in [2.45, 2.75) is 13.8 Å². The molecule has 0 aliphatic carbocycles. The van der Waals surface area contributed by atoms with Crippen molar-refractivity contribution in [3.8, 4) is 0 Å². The SMILES string of the molecule is CCOC(=S)S[Te]SC(=S)OCC. The molecular weight excluding hydrogens is 360 g/mol. The van der Waals surface area contributed by atoms with Crippen LogP contribution in [-0.4, -0.2) is 40.2 Å². The van der Waals surface area contributed by atoms with Crippen molar-refractivity contribution in [1.29, 1.82) is 0 Å². The van der Waals surface area contributed by atoms with E-state index >= 15 is 0 Å². The molecule has 0 heterocycles. The zero-order valence-corrected chi connectivity index (χ0v) is 12.9. The maximum absolute atomic E-state index is 5.11. The monoisotopic (exact) mass is 372 g/mol. The van der Waals surface area contributed by atoms with Crippen LogP contribution in [0.25, 0.3) is 0 Å². The summed E-state index contributed by atoms with van der Waals surface area (Å²) in [5.74, 6) is 0. The van der Waals surface area contributed by atoms with E-state index in [9.17, 15) is 0 Å². The summed E-state index contributed by atoms with van der Waals surface area (Å²) in [5.41, 5.74) is 0. The summed E-state index contributed by atoms with van der Waals surface area (Å²) in [7, 11) is 3.18. The molecule has 0 N–H and O–H groups in total. The van der Waals surface area contributed by atoms with Gasteiger partial charge >= 0.3 is 106 Å². The van der Waals surface area contributed by atoms with Crippen molar-refractivity contribution in [1.82, 2.24) is 0 Å². The third-order valence-corrected chi connectivity index (χ3v) is 10.6. The predicted molar refractivity (Wildman–Crippen MR) is 69.4 cm³/mol. The molecule has 2 nitrogen and oxygen atoms in total. The summed E-state index contributed by atoms with van der Waals surface area (Å²) in [6.45, 7) is 5.12. The van der Waals surface area contributed by atoms with Crippen LogP contribution in [-0.2, 0) is 9.47 Å². The number of hydrogen-bond acceptors (Lipinski definition) is 6. The van der Waals surface area contributed by atoms with Crippen molar-refractivity contribution in [3.05, 3.63) is 0 Å². The number of hydrogen-bond donors (Lipinski definition) is 0. The van der Waals surface area contributed by atoms with E-state index in [1.54, 1.807) is 18.0 Å². The van der Waals surface area contributed by atoms with Gasteiger partial charge in [-0.2, -0.15) is 0 Å². The minimum absolute atomic E-state index is 0.348. The van der Waals surface area contributed by atoms with Gasteiger partial charge in [0.1, 0.15) is 0 Å². The average Bonchev–Trinajstić information content (AvgIpc) is 2.05. The second kappa shape index (κ2) is 9.81. The van der Waals surface area contributed by atoms with Gasteiger partial charge in [0.05, 0.1) is 0 Å². The molecular formula is C6H10O2S4Te. The Kier molecular flexibility index (Phi) is 10.8. The summed E-state index contributed by atoms with van der Waals surface area (Å²) in [5, 5.41) is 0. The molecule has 0 saturated carbocycles. The van der Waals surface area contributed by atoms with Crippen LogP contribution in [0.1, 0.15) is 13.8 Å². The molecule has 0 amide bonds. The molecule has 0 aliphatic heterocycles. The van der Waals surface area contributed by atoms with E-state index in [0.29, 0.717) is 22.0 Å². The number of thiocarbonyl (C=S) groups is 2. The van der Waals surface area contributed by atoms with Gasteiger partial charge in [-0.25, -0.2) is 0 Å². The van der Waals surface area contributed by atoms with Crippen LogP contribution in [0.15, 0.2) is 0 Å². The van der Waals surface area contributed by atoms with E-state index in [-0.39, 0.29) is 18.2 Å². The van der Waals surface area contributed by atoms with Gasteiger partial charge in [-0.3, -0.25) is 0 Å². The summed E-state index contributed by atoms with van der Waals surface area (Å²) in [6.07, 6.45) is 0. The molecule has 0 spiro atoms. The Bertz CT molecular complexity index is 158. The van der Waals surface area contributed by atoms with Crippen molar-refractivity contribution in [2.75, 3.05) is 13.2 Å². The first-order chi connectivity index (χ1) is 6.20. The van der Waals surface area contributed by atoms with Gasteiger partial charge in [-0.1, -0.05) is 0 Å². The summed E-state index contributed by atoms with van der Waals surface area (Å²) in [4.78, 5) is 0. The van der Waals surface area contributed by atoms with Crippen LogP contribution >= 0.6 is 42.4 Å². The first-order valence-corrected chi connectivity index (χ1v) is 11.6. The molecule has 0 aliphatic rings. The van der Waals surface area contributed by atoms with Gasteiger partial charge in [0.2, 0.25) is 0 Å².